The van der Waals surface area contributed by atoms with Gasteiger partial charge in [0.2, 0.25) is 5.91 Å². The highest BCUT2D eigenvalue weighted by Gasteiger charge is 2.22. The van der Waals surface area contributed by atoms with E-state index in [1.807, 2.05) is 19.1 Å². The summed E-state index contributed by atoms with van der Waals surface area (Å²) in [6.07, 6.45) is 2.86. The third kappa shape index (κ3) is 7.29. The largest absolute Gasteiger partial charge is 0.489 e. The molecule has 1 fully saturated rings. The minimum absolute atomic E-state index is 0. The fourth-order valence-electron chi connectivity index (χ4n) is 2.99. The van der Waals surface area contributed by atoms with E-state index in [0.29, 0.717) is 29.8 Å². The SMILES string of the molecule is CC(CNC(=O)CC(C)C1CCNCC1)Oc1ccc(Cl)cc1.Cl. The number of benzene rings is 1. The van der Waals surface area contributed by atoms with Crippen LogP contribution in [0.1, 0.15) is 33.1 Å². The number of nitrogens with one attached hydrogen (secondary N) is 2. The zero-order chi connectivity index (χ0) is 16.7. The molecular weight excluding hydrogens is 347 g/mol. The quantitative estimate of drug-likeness (QED) is 0.765. The van der Waals surface area contributed by atoms with Crippen LogP contribution in [0, 0.1) is 11.8 Å². The summed E-state index contributed by atoms with van der Waals surface area (Å²) in [4.78, 5) is 12.1. The van der Waals surface area contributed by atoms with Gasteiger partial charge in [-0.2, -0.15) is 0 Å². The van der Waals surface area contributed by atoms with Gasteiger partial charge in [0.1, 0.15) is 11.9 Å². The Morgan fingerprint density at radius 1 is 1.29 bits per heavy atom. The molecule has 6 heteroatoms. The van der Waals surface area contributed by atoms with Crippen molar-refractivity contribution in [1.82, 2.24) is 10.6 Å². The number of carbonyl (C=O) groups excluding carboxylic acids is 1. The summed E-state index contributed by atoms with van der Waals surface area (Å²) < 4.78 is 5.76. The summed E-state index contributed by atoms with van der Waals surface area (Å²) >= 11 is 5.85. The molecule has 0 bridgehead atoms. The molecular formula is C18H28Cl2N2O2. The fraction of sp³-hybridized carbons (Fsp3) is 0.611. The van der Waals surface area contributed by atoms with Gasteiger partial charge in [-0.15, -0.1) is 12.4 Å². The van der Waals surface area contributed by atoms with E-state index >= 15 is 0 Å². The molecule has 0 radical (unpaired) electrons. The second-order valence-corrected chi connectivity index (χ2v) is 6.89. The Morgan fingerprint density at radius 2 is 1.92 bits per heavy atom. The average molecular weight is 375 g/mol. The summed E-state index contributed by atoms with van der Waals surface area (Å²) in [5, 5.41) is 7.03. The standard InChI is InChI=1S/C18H27ClN2O2.ClH/c1-13(15-7-9-20-10-8-15)11-18(22)21-12-14(2)23-17-5-3-16(19)4-6-17;/h3-6,13-15,20H,7-12H2,1-2H3,(H,21,22);1H. The third-order valence-electron chi connectivity index (χ3n) is 4.43. The second-order valence-electron chi connectivity index (χ2n) is 6.46. The van der Waals surface area contributed by atoms with Gasteiger partial charge in [0, 0.05) is 11.4 Å². The fourth-order valence-corrected chi connectivity index (χ4v) is 3.12. The van der Waals surface area contributed by atoms with Crippen molar-refractivity contribution in [2.24, 2.45) is 11.8 Å². The Kier molecular flexibility index (Phi) is 9.49. The van der Waals surface area contributed by atoms with Gasteiger partial charge in [-0.3, -0.25) is 4.79 Å². The van der Waals surface area contributed by atoms with E-state index < -0.39 is 0 Å². The van der Waals surface area contributed by atoms with E-state index in [1.165, 1.54) is 12.8 Å². The normalized spacial score (nSPS) is 17.5. The number of rotatable bonds is 7. The van der Waals surface area contributed by atoms with Crippen molar-refractivity contribution >= 4 is 29.9 Å². The minimum atomic E-state index is -0.0747. The van der Waals surface area contributed by atoms with Crippen molar-refractivity contribution in [1.29, 1.82) is 0 Å². The van der Waals surface area contributed by atoms with Crippen LogP contribution < -0.4 is 15.4 Å². The van der Waals surface area contributed by atoms with Gasteiger partial charge < -0.3 is 15.4 Å². The van der Waals surface area contributed by atoms with Crippen LogP contribution in [0.15, 0.2) is 24.3 Å². The summed E-state index contributed by atoms with van der Waals surface area (Å²) in [5.41, 5.74) is 0. The van der Waals surface area contributed by atoms with Crippen molar-refractivity contribution in [2.75, 3.05) is 19.6 Å². The molecule has 2 N–H and O–H groups in total. The van der Waals surface area contributed by atoms with Crippen LogP contribution in [0.25, 0.3) is 0 Å². The van der Waals surface area contributed by atoms with E-state index in [1.54, 1.807) is 12.1 Å². The number of halogens is 2. The lowest BCUT2D eigenvalue weighted by atomic mass is 9.84. The van der Waals surface area contributed by atoms with Gasteiger partial charge in [0.25, 0.3) is 0 Å². The number of amides is 1. The molecule has 1 saturated heterocycles. The van der Waals surface area contributed by atoms with Gasteiger partial charge in [-0.05, 0) is 69.0 Å². The number of piperidine rings is 1. The monoisotopic (exact) mass is 374 g/mol. The molecule has 0 saturated carbocycles. The molecule has 24 heavy (non-hydrogen) atoms. The van der Waals surface area contributed by atoms with E-state index in [2.05, 4.69) is 17.6 Å². The van der Waals surface area contributed by atoms with Crippen LogP contribution in [0.3, 0.4) is 0 Å². The van der Waals surface area contributed by atoms with Gasteiger partial charge >= 0.3 is 0 Å². The predicted molar refractivity (Wildman–Crippen MR) is 101 cm³/mol. The minimum Gasteiger partial charge on any atom is -0.489 e. The highest BCUT2D eigenvalue weighted by atomic mass is 35.5. The maximum absolute atomic E-state index is 12.1. The molecule has 0 spiro atoms. The van der Waals surface area contributed by atoms with Crippen LogP contribution in [0.4, 0.5) is 0 Å². The van der Waals surface area contributed by atoms with Crippen LogP contribution in [0.2, 0.25) is 5.02 Å². The van der Waals surface area contributed by atoms with Crippen LogP contribution in [0.5, 0.6) is 5.75 Å². The van der Waals surface area contributed by atoms with E-state index in [9.17, 15) is 4.79 Å². The molecule has 136 valence electrons. The molecule has 4 nitrogen and oxygen atoms in total. The van der Waals surface area contributed by atoms with Crippen LogP contribution in [-0.4, -0.2) is 31.6 Å². The van der Waals surface area contributed by atoms with Gasteiger partial charge in [0.05, 0.1) is 6.54 Å². The molecule has 1 aliphatic rings. The Hall–Kier alpha value is -0.970. The first-order chi connectivity index (χ1) is 11.0. The summed E-state index contributed by atoms with van der Waals surface area (Å²) in [7, 11) is 0. The molecule has 0 aliphatic carbocycles. The zero-order valence-corrected chi connectivity index (χ0v) is 16.0. The topological polar surface area (TPSA) is 50.4 Å². The predicted octanol–water partition coefficient (Wildman–Crippen LogP) is 3.67. The maximum Gasteiger partial charge on any atom is 0.220 e. The van der Waals surface area contributed by atoms with Crippen molar-refractivity contribution in [3.05, 3.63) is 29.3 Å². The highest BCUT2D eigenvalue weighted by molar-refractivity contribution is 6.30. The summed E-state index contributed by atoms with van der Waals surface area (Å²) in [6, 6.07) is 7.26. The average Bonchev–Trinajstić information content (AvgIpc) is 2.56. The lowest BCUT2D eigenvalue weighted by molar-refractivity contribution is -0.122. The number of hydrogen-bond acceptors (Lipinski definition) is 3. The molecule has 2 rings (SSSR count). The molecule has 1 heterocycles. The Labute approximate surface area is 156 Å². The first-order valence-corrected chi connectivity index (χ1v) is 8.82. The zero-order valence-electron chi connectivity index (χ0n) is 14.4. The van der Waals surface area contributed by atoms with Gasteiger partial charge in [-0.1, -0.05) is 18.5 Å². The van der Waals surface area contributed by atoms with E-state index in [0.717, 1.165) is 18.8 Å². The number of hydrogen-bond donors (Lipinski definition) is 2. The van der Waals surface area contributed by atoms with Crippen molar-refractivity contribution in [3.63, 3.8) is 0 Å². The molecule has 2 atom stereocenters. The number of carbonyl (C=O) groups is 1. The first kappa shape index (κ1) is 21.1. The second kappa shape index (κ2) is 10.8. The molecule has 1 aliphatic heterocycles. The van der Waals surface area contributed by atoms with Crippen molar-refractivity contribution in [3.8, 4) is 5.75 Å². The lowest BCUT2D eigenvalue weighted by Gasteiger charge is -2.28. The maximum atomic E-state index is 12.1. The smallest absolute Gasteiger partial charge is 0.220 e. The highest BCUT2D eigenvalue weighted by Crippen LogP contribution is 2.24. The molecule has 2 unspecified atom stereocenters. The Balaban J connectivity index is 0.00000288. The van der Waals surface area contributed by atoms with Gasteiger partial charge in [0.15, 0.2) is 0 Å². The van der Waals surface area contributed by atoms with Gasteiger partial charge in [-0.25, -0.2) is 0 Å². The molecule has 1 aromatic rings. The Morgan fingerprint density at radius 3 is 2.54 bits per heavy atom. The molecule has 0 aromatic heterocycles. The molecule has 1 aromatic carbocycles. The lowest BCUT2D eigenvalue weighted by Crippen LogP contribution is -2.36. The number of ether oxygens (including phenoxy) is 1. The van der Waals surface area contributed by atoms with E-state index in [4.69, 9.17) is 16.3 Å². The third-order valence-corrected chi connectivity index (χ3v) is 4.69. The molecule has 1 amide bonds. The van der Waals surface area contributed by atoms with E-state index in [-0.39, 0.29) is 24.4 Å². The van der Waals surface area contributed by atoms with Crippen LogP contribution in [-0.2, 0) is 4.79 Å². The summed E-state index contributed by atoms with van der Waals surface area (Å²) in [6.45, 7) is 6.79. The van der Waals surface area contributed by atoms with Crippen molar-refractivity contribution < 1.29 is 9.53 Å². The Bertz CT molecular complexity index is 490. The van der Waals surface area contributed by atoms with Crippen LogP contribution >= 0.6 is 24.0 Å². The first-order valence-electron chi connectivity index (χ1n) is 8.44. The summed E-state index contributed by atoms with van der Waals surface area (Å²) in [5.74, 6) is 1.97. The van der Waals surface area contributed by atoms with Crippen molar-refractivity contribution in [2.45, 2.75) is 39.2 Å².